The van der Waals surface area contributed by atoms with E-state index >= 15 is 0 Å². The minimum Gasteiger partial charge on any atom is -0.377 e. The van der Waals surface area contributed by atoms with Gasteiger partial charge in [0.05, 0.1) is 13.2 Å². The lowest BCUT2D eigenvalue weighted by Crippen LogP contribution is -2.26. The van der Waals surface area contributed by atoms with Gasteiger partial charge in [0.2, 0.25) is 11.7 Å². The van der Waals surface area contributed by atoms with Crippen molar-refractivity contribution < 1.29 is 9.26 Å². The van der Waals surface area contributed by atoms with Crippen molar-refractivity contribution in [1.29, 1.82) is 0 Å². The number of ether oxygens (including phenoxy) is 1. The highest BCUT2D eigenvalue weighted by molar-refractivity contribution is 5.53. The van der Waals surface area contributed by atoms with E-state index in [1.807, 2.05) is 30.3 Å². The van der Waals surface area contributed by atoms with Crippen molar-refractivity contribution in [3.63, 3.8) is 0 Å². The molecule has 0 amide bonds. The van der Waals surface area contributed by atoms with Gasteiger partial charge in [0.1, 0.15) is 0 Å². The Hall–Kier alpha value is -1.98. The Kier molecular flexibility index (Phi) is 4.98. The summed E-state index contributed by atoms with van der Waals surface area (Å²) in [6.45, 7) is 3.41. The van der Waals surface area contributed by atoms with Crippen molar-refractivity contribution in [2.75, 3.05) is 33.4 Å². The Balaban J connectivity index is 1.51. The number of likely N-dealkylation sites (N-methyl/N-ethyl adjacent to an activating group) is 1. The number of benzene rings is 1. The van der Waals surface area contributed by atoms with E-state index in [0.29, 0.717) is 11.7 Å². The standard InChI is InChI=1S/C17H21N3O2/c1-20(12-14-6-5-11-21-13-14)10-9-16-18-17(19-22-16)15-7-3-2-4-8-15/h2-4,6-8H,5,9-13H2,1H3. The van der Waals surface area contributed by atoms with Gasteiger partial charge in [-0.25, -0.2) is 0 Å². The zero-order valence-electron chi connectivity index (χ0n) is 12.9. The average molecular weight is 299 g/mol. The molecule has 0 saturated heterocycles. The third kappa shape index (κ3) is 4.02. The van der Waals surface area contributed by atoms with Crippen LogP contribution >= 0.6 is 0 Å². The summed E-state index contributed by atoms with van der Waals surface area (Å²) in [5.41, 5.74) is 2.33. The van der Waals surface area contributed by atoms with Crippen LogP contribution in [0.25, 0.3) is 11.4 Å². The minimum atomic E-state index is 0.654. The summed E-state index contributed by atoms with van der Waals surface area (Å²) in [5.74, 6) is 1.33. The lowest BCUT2D eigenvalue weighted by atomic mass is 10.2. The van der Waals surface area contributed by atoms with Crippen LogP contribution in [0.4, 0.5) is 0 Å². The molecule has 5 nitrogen and oxygen atoms in total. The summed E-state index contributed by atoms with van der Waals surface area (Å²) in [5, 5.41) is 4.04. The topological polar surface area (TPSA) is 51.4 Å². The lowest BCUT2D eigenvalue weighted by molar-refractivity contribution is 0.144. The van der Waals surface area contributed by atoms with Crippen LogP contribution in [0.1, 0.15) is 12.3 Å². The van der Waals surface area contributed by atoms with Gasteiger partial charge in [-0.1, -0.05) is 41.6 Å². The third-order valence-corrected chi connectivity index (χ3v) is 3.66. The van der Waals surface area contributed by atoms with Crippen LogP contribution < -0.4 is 0 Å². The smallest absolute Gasteiger partial charge is 0.228 e. The molecule has 1 aliphatic heterocycles. The van der Waals surface area contributed by atoms with Crippen LogP contribution in [0.2, 0.25) is 0 Å². The van der Waals surface area contributed by atoms with E-state index < -0.39 is 0 Å². The monoisotopic (exact) mass is 299 g/mol. The Morgan fingerprint density at radius 2 is 2.09 bits per heavy atom. The molecule has 2 aromatic rings. The molecule has 0 bridgehead atoms. The predicted octanol–water partition coefficient (Wildman–Crippen LogP) is 2.56. The van der Waals surface area contributed by atoms with E-state index in [1.165, 1.54) is 5.57 Å². The third-order valence-electron chi connectivity index (χ3n) is 3.66. The van der Waals surface area contributed by atoms with Gasteiger partial charge >= 0.3 is 0 Å². The maximum Gasteiger partial charge on any atom is 0.228 e. The van der Waals surface area contributed by atoms with E-state index in [4.69, 9.17) is 9.26 Å². The zero-order chi connectivity index (χ0) is 15.2. The van der Waals surface area contributed by atoms with Crippen molar-refractivity contribution in [2.45, 2.75) is 12.8 Å². The highest BCUT2D eigenvalue weighted by Gasteiger charge is 2.11. The molecule has 0 radical (unpaired) electrons. The predicted molar refractivity (Wildman–Crippen MR) is 84.5 cm³/mol. The zero-order valence-corrected chi connectivity index (χ0v) is 12.9. The first-order chi connectivity index (χ1) is 10.8. The fraction of sp³-hybridized carbons (Fsp3) is 0.412. The number of hydrogen-bond donors (Lipinski definition) is 0. The quantitative estimate of drug-likeness (QED) is 0.767. The Morgan fingerprint density at radius 3 is 2.86 bits per heavy atom. The summed E-state index contributed by atoms with van der Waals surface area (Å²) in [7, 11) is 2.10. The number of hydrogen-bond acceptors (Lipinski definition) is 5. The van der Waals surface area contributed by atoms with Gasteiger partial charge in [0.25, 0.3) is 0 Å². The average Bonchev–Trinajstić information content (AvgIpc) is 3.04. The second-order valence-electron chi connectivity index (χ2n) is 5.57. The van der Waals surface area contributed by atoms with Gasteiger partial charge in [-0.05, 0) is 19.0 Å². The van der Waals surface area contributed by atoms with Crippen molar-refractivity contribution in [3.8, 4) is 11.4 Å². The molecule has 1 aromatic carbocycles. The molecule has 0 atom stereocenters. The molecule has 0 saturated carbocycles. The second-order valence-corrected chi connectivity index (χ2v) is 5.57. The molecule has 0 unspecified atom stereocenters. The molecule has 22 heavy (non-hydrogen) atoms. The number of aromatic nitrogens is 2. The van der Waals surface area contributed by atoms with Gasteiger partial charge in [-0.3, -0.25) is 0 Å². The van der Waals surface area contributed by atoms with Crippen molar-refractivity contribution in [1.82, 2.24) is 15.0 Å². The van der Waals surface area contributed by atoms with Crippen molar-refractivity contribution in [3.05, 3.63) is 47.9 Å². The molecule has 3 rings (SSSR count). The van der Waals surface area contributed by atoms with E-state index in [-0.39, 0.29) is 0 Å². The number of nitrogens with zero attached hydrogens (tertiary/aromatic N) is 3. The normalized spacial score (nSPS) is 15.1. The van der Waals surface area contributed by atoms with Crippen LogP contribution in [0.3, 0.4) is 0 Å². The van der Waals surface area contributed by atoms with E-state index in [1.54, 1.807) is 0 Å². The molecule has 5 heteroatoms. The van der Waals surface area contributed by atoms with Crippen LogP contribution in [0.15, 0.2) is 46.5 Å². The van der Waals surface area contributed by atoms with Crippen molar-refractivity contribution in [2.24, 2.45) is 0 Å². The fourth-order valence-electron chi connectivity index (χ4n) is 2.49. The molecule has 116 valence electrons. The Labute approximate surface area is 130 Å². The van der Waals surface area contributed by atoms with E-state index in [9.17, 15) is 0 Å². The van der Waals surface area contributed by atoms with E-state index in [2.05, 4.69) is 28.2 Å². The summed E-state index contributed by atoms with van der Waals surface area (Å²) in [4.78, 5) is 6.71. The molecular weight excluding hydrogens is 278 g/mol. The SMILES string of the molecule is CN(CCc1nc(-c2ccccc2)no1)CC1=CCCOC1. The highest BCUT2D eigenvalue weighted by Crippen LogP contribution is 2.15. The van der Waals surface area contributed by atoms with Crippen molar-refractivity contribution >= 4 is 0 Å². The Morgan fingerprint density at radius 1 is 1.23 bits per heavy atom. The molecule has 0 aliphatic carbocycles. The molecule has 0 N–H and O–H groups in total. The molecular formula is C17H21N3O2. The summed E-state index contributed by atoms with van der Waals surface area (Å²) < 4.78 is 10.8. The second kappa shape index (κ2) is 7.33. The number of rotatable bonds is 6. The maximum absolute atomic E-state index is 5.46. The molecule has 1 aromatic heterocycles. The van der Waals surface area contributed by atoms with Crippen LogP contribution in [-0.2, 0) is 11.2 Å². The molecule has 1 aliphatic rings. The van der Waals surface area contributed by atoms with E-state index in [0.717, 1.165) is 44.7 Å². The molecule has 0 spiro atoms. The maximum atomic E-state index is 5.46. The Bertz CT molecular complexity index is 622. The van der Waals surface area contributed by atoms with Gasteiger partial charge in [-0.2, -0.15) is 4.98 Å². The lowest BCUT2D eigenvalue weighted by Gasteiger charge is -2.20. The summed E-state index contributed by atoms with van der Waals surface area (Å²) in [6.07, 6.45) is 4.05. The van der Waals surface area contributed by atoms with Gasteiger partial charge in [0.15, 0.2) is 0 Å². The molecule has 0 fully saturated rings. The summed E-state index contributed by atoms with van der Waals surface area (Å²) in [6, 6.07) is 9.88. The van der Waals surface area contributed by atoms with Gasteiger partial charge < -0.3 is 14.2 Å². The largest absolute Gasteiger partial charge is 0.377 e. The fourth-order valence-corrected chi connectivity index (χ4v) is 2.49. The van der Waals surface area contributed by atoms with Crippen LogP contribution in [0, 0.1) is 0 Å². The highest BCUT2D eigenvalue weighted by atomic mass is 16.5. The van der Waals surface area contributed by atoms with Gasteiger partial charge in [-0.15, -0.1) is 0 Å². The first-order valence-corrected chi connectivity index (χ1v) is 7.63. The van der Waals surface area contributed by atoms with Crippen LogP contribution in [-0.4, -0.2) is 48.4 Å². The van der Waals surface area contributed by atoms with Crippen LogP contribution in [0.5, 0.6) is 0 Å². The first kappa shape index (κ1) is 14.9. The minimum absolute atomic E-state index is 0.654. The molecule has 2 heterocycles. The van der Waals surface area contributed by atoms with Gasteiger partial charge in [0, 0.05) is 25.1 Å². The summed E-state index contributed by atoms with van der Waals surface area (Å²) >= 11 is 0. The first-order valence-electron chi connectivity index (χ1n) is 7.63.